The van der Waals surface area contributed by atoms with Crippen molar-refractivity contribution in [2.24, 2.45) is 5.73 Å². The fraction of sp³-hybridized carbons (Fsp3) is 0.360. The van der Waals surface area contributed by atoms with E-state index in [4.69, 9.17) is 52.2 Å². The summed E-state index contributed by atoms with van der Waals surface area (Å²) in [6, 6.07) is 12.5. The van der Waals surface area contributed by atoms with Gasteiger partial charge in [-0.1, -0.05) is 74.8 Å². The van der Waals surface area contributed by atoms with Gasteiger partial charge in [0.2, 0.25) is 6.41 Å². The first-order valence-corrected chi connectivity index (χ1v) is 15.0. The van der Waals surface area contributed by atoms with Crippen LogP contribution in [0.1, 0.15) is 50.7 Å². The summed E-state index contributed by atoms with van der Waals surface area (Å²) in [6.45, 7) is 9.05. The largest absolute Gasteiger partial charge is 0.481 e. The number of nitrogens with two attached hydrogens (primary N) is 1. The molecule has 0 aliphatic rings. The van der Waals surface area contributed by atoms with Gasteiger partial charge in [0.1, 0.15) is 23.2 Å². The second-order valence-electron chi connectivity index (χ2n) is 7.82. The van der Waals surface area contributed by atoms with Gasteiger partial charge < -0.3 is 29.6 Å². The van der Waals surface area contributed by atoms with Crippen molar-refractivity contribution in [2.75, 3.05) is 13.5 Å². The van der Waals surface area contributed by atoms with Crippen molar-refractivity contribution >= 4 is 49.0 Å². The van der Waals surface area contributed by atoms with E-state index in [1.807, 2.05) is 38.1 Å². The summed E-state index contributed by atoms with van der Waals surface area (Å²) in [4.78, 5) is 32.3. The van der Waals surface area contributed by atoms with Crippen molar-refractivity contribution in [1.82, 2.24) is 9.55 Å². The number of aromatic nitrogens is 2. The molecule has 1 amide bonds. The Bertz CT molecular complexity index is 1180. The number of amides is 1. The van der Waals surface area contributed by atoms with Crippen LogP contribution in [0.15, 0.2) is 52.4 Å². The van der Waals surface area contributed by atoms with Crippen molar-refractivity contribution in [3.63, 3.8) is 0 Å². The first kappa shape index (κ1) is 34.0. The Labute approximate surface area is 237 Å². The van der Waals surface area contributed by atoms with E-state index in [2.05, 4.69) is 24.1 Å². The van der Waals surface area contributed by atoms with Gasteiger partial charge in [-0.3, -0.25) is 9.36 Å². The van der Waals surface area contributed by atoms with Crippen LogP contribution in [0.2, 0.25) is 10.0 Å². The summed E-state index contributed by atoms with van der Waals surface area (Å²) in [5.41, 5.74) is 6.08. The number of carbonyl (C=O) groups excluding carboxylic acids is 1. The minimum absolute atomic E-state index is 0.183. The van der Waals surface area contributed by atoms with Gasteiger partial charge in [-0.05, 0) is 41.8 Å². The number of methoxy groups -OCH3 is 1. The predicted octanol–water partition coefficient (Wildman–Crippen LogP) is 6.30. The second-order valence-corrected chi connectivity index (χ2v) is 11.3. The van der Waals surface area contributed by atoms with Crippen molar-refractivity contribution in [1.29, 1.82) is 0 Å². The predicted molar refractivity (Wildman–Crippen MR) is 152 cm³/mol. The molecule has 3 rings (SSSR count). The lowest BCUT2D eigenvalue weighted by Crippen LogP contribution is -2.08. The molecule has 1 heterocycles. The summed E-state index contributed by atoms with van der Waals surface area (Å²) < 4.78 is 23.7. The summed E-state index contributed by atoms with van der Waals surface area (Å²) >= 11 is 14.0. The smallest absolute Gasteiger partial charge is 0.362 e. The lowest BCUT2D eigenvalue weighted by molar-refractivity contribution is -0.106. The molecule has 1 aromatic heterocycles. The number of benzene rings is 2. The van der Waals surface area contributed by atoms with E-state index >= 15 is 0 Å². The standard InChI is InChI=1S/C22H25Cl2N2O5PS.C2H6.CH3NO/c1-14(2)21-22(33-19-9-16(23)8-17(24)10-19)26(20(25-21)12-30-3)11-15-4-6-18(7-5-15)31-13-32(27,28)29;1-2;2-1-3/h4-10,14H,11-13H2,1-3H3,(H2,27,28,29);1-2H3;1H,(H2,2,3). The second kappa shape index (κ2) is 16.8. The summed E-state index contributed by atoms with van der Waals surface area (Å²) in [5.74, 6) is 1.36. The van der Waals surface area contributed by atoms with Crippen LogP contribution in [-0.4, -0.2) is 39.2 Å². The van der Waals surface area contributed by atoms with E-state index in [0.717, 1.165) is 27.0 Å². The average Bonchev–Trinajstić information content (AvgIpc) is 3.16. The van der Waals surface area contributed by atoms with Crippen LogP contribution in [0.5, 0.6) is 5.75 Å². The number of hydrogen-bond donors (Lipinski definition) is 3. The van der Waals surface area contributed by atoms with E-state index in [9.17, 15) is 4.57 Å². The lowest BCUT2D eigenvalue weighted by Gasteiger charge is -2.14. The Morgan fingerprint density at radius 2 is 1.68 bits per heavy atom. The minimum atomic E-state index is -4.24. The van der Waals surface area contributed by atoms with E-state index < -0.39 is 13.9 Å². The van der Waals surface area contributed by atoms with Crippen LogP contribution >= 0.6 is 42.6 Å². The van der Waals surface area contributed by atoms with Gasteiger partial charge in [-0.25, -0.2) is 4.98 Å². The Morgan fingerprint density at radius 3 is 2.16 bits per heavy atom. The van der Waals surface area contributed by atoms with E-state index in [-0.39, 0.29) is 12.3 Å². The molecule has 38 heavy (non-hydrogen) atoms. The van der Waals surface area contributed by atoms with Gasteiger partial charge in [-0.2, -0.15) is 0 Å². The van der Waals surface area contributed by atoms with Crippen molar-refractivity contribution in [3.05, 3.63) is 69.6 Å². The maximum Gasteiger partial charge on any atom is 0.362 e. The molecule has 0 spiro atoms. The average molecular weight is 607 g/mol. The van der Waals surface area contributed by atoms with E-state index in [1.165, 1.54) is 0 Å². The highest BCUT2D eigenvalue weighted by Crippen LogP contribution is 2.38. The Kier molecular flexibility index (Phi) is 15.0. The van der Waals surface area contributed by atoms with Crippen LogP contribution < -0.4 is 10.5 Å². The maximum atomic E-state index is 11.0. The number of halogens is 2. The molecular formula is C25H34Cl2N3O6PS. The zero-order chi connectivity index (χ0) is 28.9. The molecule has 210 valence electrons. The molecule has 3 aromatic rings. The maximum absolute atomic E-state index is 11.0. The zero-order valence-corrected chi connectivity index (χ0v) is 25.2. The number of nitrogens with zero attached hydrogens (tertiary/aromatic N) is 2. The monoisotopic (exact) mass is 605 g/mol. The first-order chi connectivity index (χ1) is 18.0. The highest BCUT2D eigenvalue weighted by atomic mass is 35.5. The fourth-order valence-corrected chi connectivity index (χ4v) is 5.35. The molecular weight excluding hydrogens is 572 g/mol. The molecule has 2 aromatic carbocycles. The summed E-state index contributed by atoms with van der Waals surface area (Å²) in [5, 5.41) is 2.09. The zero-order valence-electron chi connectivity index (χ0n) is 21.9. The third-order valence-corrected chi connectivity index (χ3v) is 6.56. The molecule has 0 radical (unpaired) electrons. The van der Waals surface area contributed by atoms with Crippen LogP contribution in [0, 0.1) is 0 Å². The van der Waals surface area contributed by atoms with Gasteiger partial charge in [0, 0.05) is 28.6 Å². The van der Waals surface area contributed by atoms with Gasteiger partial charge in [-0.15, -0.1) is 0 Å². The molecule has 0 aliphatic heterocycles. The Morgan fingerprint density at radius 1 is 1.13 bits per heavy atom. The van der Waals surface area contributed by atoms with Crippen LogP contribution in [-0.2, 0) is 27.2 Å². The number of ether oxygens (including phenoxy) is 2. The molecule has 0 bridgehead atoms. The van der Waals surface area contributed by atoms with E-state index in [0.29, 0.717) is 28.9 Å². The minimum Gasteiger partial charge on any atom is -0.481 e. The summed E-state index contributed by atoms with van der Waals surface area (Å²) in [6.07, 6.45) is -0.410. The van der Waals surface area contributed by atoms with Gasteiger partial charge in [0.05, 0.1) is 5.69 Å². The van der Waals surface area contributed by atoms with Gasteiger partial charge in [0.15, 0.2) is 6.35 Å². The van der Waals surface area contributed by atoms with Gasteiger partial charge >= 0.3 is 7.60 Å². The van der Waals surface area contributed by atoms with Crippen LogP contribution in [0.4, 0.5) is 0 Å². The molecule has 0 saturated heterocycles. The molecule has 4 N–H and O–H groups in total. The van der Waals surface area contributed by atoms with Crippen molar-refractivity contribution in [2.45, 2.75) is 56.7 Å². The molecule has 0 atom stereocenters. The molecule has 0 aliphatic carbocycles. The number of rotatable bonds is 10. The molecule has 0 fully saturated rings. The Balaban J connectivity index is 0.00000135. The third kappa shape index (κ3) is 11.4. The lowest BCUT2D eigenvalue weighted by atomic mass is 10.1. The van der Waals surface area contributed by atoms with Crippen LogP contribution in [0.25, 0.3) is 0 Å². The third-order valence-electron chi connectivity index (χ3n) is 4.56. The quantitative estimate of drug-likeness (QED) is 0.181. The molecule has 13 heteroatoms. The summed E-state index contributed by atoms with van der Waals surface area (Å²) in [7, 11) is -2.61. The van der Waals surface area contributed by atoms with Crippen molar-refractivity contribution < 1.29 is 28.6 Å². The normalized spacial score (nSPS) is 10.8. The van der Waals surface area contributed by atoms with Gasteiger partial charge in [0.25, 0.3) is 0 Å². The molecule has 0 saturated carbocycles. The SMILES string of the molecule is CC.COCc1nc(C(C)C)c(Sc2cc(Cl)cc(Cl)c2)n1Cc1ccc(OCP(=O)(O)O)cc1.NC=O. The molecule has 0 unspecified atom stereocenters. The van der Waals surface area contributed by atoms with Crippen LogP contribution in [0.3, 0.4) is 0 Å². The fourth-order valence-electron chi connectivity index (χ4n) is 3.12. The highest BCUT2D eigenvalue weighted by molar-refractivity contribution is 7.99. The number of primary amides is 1. The Hall–Kier alpha value is -2.04. The first-order valence-electron chi connectivity index (χ1n) is 11.6. The number of imidazole rings is 1. The van der Waals surface area contributed by atoms with Crippen molar-refractivity contribution in [3.8, 4) is 5.75 Å². The number of hydrogen-bond acceptors (Lipinski definition) is 6. The highest BCUT2D eigenvalue weighted by Gasteiger charge is 2.21. The number of carbonyl (C=O) groups is 1. The molecule has 9 nitrogen and oxygen atoms in total. The van der Waals surface area contributed by atoms with E-state index in [1.54, 1.807) is 37.1 Å². The topological polar surface area (TPSA) is 137 Å².